The van der Waals surface area contributed by atoms with Gasteiger partial charge in [0.2, 0.25) is 5.88 Å². The number of pyridine rings is 1. The Bertz CT molecular complexity index is 983. The van der Waals surface area contributed by atoms with Gasteiger partial charge >= 0.3 is 5.97 Å². The molecule has 3 rings (SSSR count). The maximum Gasteiger partial charge on any atom is 0.306 e. The van der Waals surface area contributed by atoms with E-state index in [9.17, 15) is 19.1 Å². The highest BCUT2D eigenvalue weighted by molar-refractivity contribution is 5.71. The first-order valence-corrected chi connectivity index (χ1v) is 7.54. The van der Waals surface area contributed by atoms with Gasteiger partial charge in [0.05, 0.1) is 19.1 Å². The molecule has 2 aromatic heterocycles. The van der Waals surface area contributed by atoms with Crippen molar-refractivity contribution in [2.75, 3.05) is 7.11 Å². The average molecular weight is 342 g/mol. The average Bonchev–Trinajstić information content (AvgIpc) is 2.61. The molecule has 7 heteroatoms. The molecule has 0 bridgehead atoms. The first-order valence-electron chi connectivity index (χ1n) is 7.54. The molecular weight excluding hydrogens is 327 g/mol. The Morgan fingerprint density at radius 1 is 1.28 bits per heavy atom. The van der Waals surface area contributed by atoms with Crippen molar-refractivity contribution in [3.63, 3.8) is 0 Å². The lowest BCUT2D eigenvalue weighted by atomic mass is 9.89. The number of aromatic nitrogens is 2. The summed E-state index contributed by atoms with van der Waals surface area (Å²) in [5, 5.41) is 10.3. The number of carbonyl (C=O) groups excluding carboxylic acids is 1. The van der Waals surface area contributed by atoms with Crippen LogP contribution in [0.15, 0.2) is 53.5 Å². The van der Waals surface area contributed by atoms with Crippen molar-refractivity contribution in [3.05, 3.63) is 76.0 Å². The highest BCUT2D eigenvalue weighted by atomic mass is 19.1. The quantitative estimate of drug-likeness (QED) is 0.736. The molecule has 0 radical (unpaired) electrons. The second kappa shape index (κ2) is 6.72. The molecule has 0 fully saturated rings. The van der Waals surface area contributed by atoms with Crippen LogP contribution in [0.5, 0.6) is 5.88 Å². The minimum Gasteiger partial charge on any atom is -0.493 e. The van der Waals surface area contributed by atoms with Crippen LogP contribution < -0.4 is 5.56 Å². The number of nitrogens with zero attached hydrogens (tertiary/aromatic N) is 2. The molecule has 0 aliphatic carbocycles. The van der Waals surface area contributed by atoms with Gasteiger partial charge in [-0.15, -0.1) is 0 Å². The summed E-state index contributed by atoms with van der Waals surface area (Å²) in [6.07, 6.45) is 1.33. The first kappa shape index (κ1) is 16.6. The number of ether oxygens (including phenoxy) is 1. The molecule has 1 atom stereocenters. The van der Waals surface area contributed by atoms with E-state index in [-0.39, 0.29) is 17.6 Å². The molecule has 1 aromatic carbocycles. The van der Waals surface area contributed by atoms with Gasteiger partial charge in [-0.3, -0.25) is 14.0 Å². The molecule has 0 unspecified atom stereocenters. The fraction of sp³-hybridized carbons (Fsp3) is 0.167. The van der Waals surface area contributed by atoms with Gasteiger partial charge in [0.1, 0.15) is 11.5 Å². The zero-order valence-corrected chi connectivity index (χ0v) is 13.3. The third-order valence-corrected chi connectivity index (χ3v) is 3.97. The summed E-state index contributed by atoms with van der Waals surface area (Å²) in [6.45, 7) is 0. The fourth-order valence-corrected chi connectivity index (χ4v) is 2.73. The molecule has 2 heterocycles. The predicted octanol–water partition coefficient (Wildman–Crippen LogP) is 2.23. The van der Waals surface area contributed by atoms with Gasteiger partial charge in [-0.2, -0.15) is 4.98 Å². The molecular formula is C18H15FN2O4. The number of hydrogen-bond acceptors (Lipinski definition) is 5. The first-order chi connectivity index (χ1) is 12.0. The Hall–Kier alpha value is -3.22. The van der Waals surface area contributed by atoms with E-state index in [4.69, 9.17) is 4.74 Å². The molecule has 3 aromatic rings. The van der Waals surface area contributed by atoms with Crippen LogP contribution in [0.2, 0.25) is 0 Å². The summed E-state index contributed by atoms with van der Waals surface area (Å²) in [7, 11) is 1.23. The van der Waals surface area contributed by atoms with E-state index in [1.807, 2.05) is 0 Å². The molecule has 6 nitrogen and oxygen atoms in total. The molecule has 0 saturated carbocycles. The van der Waals surface area contributed by atoms with Crippen LogP contribution in [-0.4, -0.2) is 27.6 Å². The second-order valence-electron chi connectivity index (χ2n) is 5.47. The Balaban J connectivity index is 2.22. The van der Waals surface area contributed by atoms with Crippen LogP contribution in [0, 0.1) is 5.82 Å². The molecule has 0 spiro atoms. The van der Waals surface area contributed by atoms with Gasteiger partial charge in [-0.05, 0) is 29.8 Å². The van der Waals surface area contributed by atoms with Crippen molar-refractivity contribution < 1.29 is 19.0 Å². The molecule has 0 aliphatic rings. The lowest BCUT2D eigenvalue weighted by Gasteiger charge is -2.17. The Kier molecular flexibility index (Phi) is 4.47. The van der Waals surface area contributed by atoms with Crippen LogP contribution in [0.1, 0.15) is 23.5 Å². The minimum atomic E-state index is -0.815. The summed E-state index contributed by atoms with van der Waals surface area (Å²) in [4.78, 5) is 28.7. The van der Waals surface area contributed by atoms with E-state index in [1.165, 1.54) is 42.0 Å². The number of halogens is 1. The number of esters is 1. The summed E-state index contributed by atoms with van der Waals surface area (Å²) in [5.74, 6) is -2.29. The standard InChI is InChI=1S/C18H15FN2O4/c1-25-15(22)10-13(11-5-7-12(19)8-6-11)16-17(23)20-14-4-2-3-9-21(14)18(16)24/h2-9,13,23H,10H2,1H3/t13-/m0/s1. The molecule has 0 amide bonds. The van der Waals surface area contributed by atoms with Crippen LogP contribution >= 0.6 is 0 Å². The van der Waals surface area contributed by atoms with E-state index in [2.05, 4.69) is 4.98 Å². The number of aromatic hydroxyl groups is 1. The van der Waals surface area contributed by atoms with Crippen molar-refractivity contribution in [1.82, 2.24) is 9.38 Å². The van der Waals surface area contributed by atoms with E-state index in [1.54, 1.807) is 18.2 Å². The zero-order valence-electron chi connectivity index (χ0n) is 13.3. The van der Waals surface area contributed by atoms with Gasteiger partial charge < -0.3 is 9.84 Å². The van der Waals surface area contributed by atoms with Crippen molar-refractivity contribution in [2.45, 2.75) is 12.3 Å². The fourth-order valence-electron chi connectivity index (χ4n) is 2.73. The minimum absolute atomic E-state index is 0.0410. The largest absolute Gasteiger partial charge is 0.493 e. The number of hydrogen-bond donors (Lipinski definition) is 1. The number of benzene rings is 1. The normalized spacial score (nSPS) is 12.1. The number of methoxy groups -OCH3 is 1. The molecule has 0 aliphatic heterocycles. The van der Waals surface area contributed by atoms with Crippen LogP contribution in [0.25, 0.3) is 5.65 Å². The molecule has 25 heavy (non-hydrogen) atoms. The van der Waals surface area contributed by atoms with Gasteiger partial charge in [0, 0.05) is 12.1 Å². The maximum absolute atomic E-state index is 13.2. The van der Waals surface area contributed by atoms with Gasteiger partial charge in [-0.25, -0.2) is 4.39 Å². The summed E-state index contributed by atoms with van der Waals surface area (Å²) in [5.41, 5.74) is 0.239. The Labute approximate surface area is 142 Å². The van der Waals surface area contributed by atoms with Crippen LogP contribution in [-0.2, 0) is 9.53 Å². The predicted molar refractivity (Wildman–Crippen MR) is 88.0 cm³/mol. The third-order valence-electron chi connectivity index (χ3n) is 3.97. The maximum atomic E-state index is 13.2. The number of carbonyl (C=O) groups is 1. The Morgan fingerprint density at radius 2 is 2.00 bits per heavy atom. The van der Waals surface area contributed by atoms with Gasteiger partial charge in [0.15, 0.2) is 0 Å². The van der Waals surface area contributed by atoms with Crippen LogP contribution in [0.3, 0.4) is 0 Å². The topological polar surface area (TPSA) is 80.9 Å². The third kappa shape index (κ3) is 3.21. The van der Waals surface area contributed by atoms with Crippen molar-refractivity contribution in [3.8, 4) is 5.88 Å². The number of fused-ring (bicyclic) bond motifs is 1. The van der Waals surface area contributed by atoms with Crippen molar-refractivity contribution in [2.24, 2.45) is 0 Å². The number of rotatable bonds is 4. The van der Waals surface area contributed by atoms with Crippen molar-refractivity contribution >= 4 is 11.6 Å². The molecule has 0 saturated heterocycles. The van der Waals surface area contributed by atoms with E-state index in [0.717, 1.165) is 0 Å². The smallest absolute Gasteiger partial charge is 0.306 e. The van der Waals surface area contributed by atoms with E-state index >= 15 is 0 Å². The summed E-state index contributed by atoms with van der Waals surface area (Å²) >= 11 is 0. The van der Waals surface area contributed by atoms with Crippen LogP contribution in [0.4, 0.5) is 4.39 Å². The van der Waals surface area contributed by atoms with Crippen molar-refractivity contribution in [1.29, 1.82) is 0 Å². The highest BCUT2D eigenvalue weighted by Gasteiger charge is 2.26. The molecule has 128 valence electrons. The van der Waals surface area contributed by atoms with Gasteiger partial charge in [0.25, 0.3) is 5.56 Å². The lowest BCUT2D eigenvalue weighted by Crippen LogP contribution is -2.24. The second-order valence-corrected chi connectivity index (χ2v) is 5.47. The Morgan fingerprint density at radius 3 is 2.68 bits per heavy atom. The molecule has 1 N–H and O–H groups in total. The zero-order chi connectivity index (χ0) is 18.0. The van der Waals surface area contributed by atoms with E-state index < -0.39 is 29.1 Å². The summed E-state index contributed by atoms with van der Waals surface area (Å²) in [6, 6.07) is 10.3. The van der Waals surface area contributed by atoms with E-state index in [0.29, 0.717) is 5.56 Å². The highest BCUT2D eigenvalue weighted by Crippen LogP contribution is 2.31. The lowest BCUT2D eigenvalue weighted by molar-refractivity contribution is -0.140. The SMILES string of the molecule is COC(=O)C[C@@H](c1ccc(F)cc1)c1c(O)nc2ccccn2c1=O. The summed E-state index contributed by atoms with van der Waals surface area (Å²) < 4.78 is 19.2. The monoisotopic (exact) mass is 342 g/mol. The van der Waals surface area contributed by atoms with Gasteiger partial charge in [-0.1, -0.05) is 18.2 Å².